The predicted octanol–water partition coefficient (Wildman–Crippen LogP) is 2.47. The summed E-state index contributed by atoms with van der Waals surface area (Å²) < 4.78 is 5.76. The van der Waals surface area contributed by atoms with Crippen LogP contribution in [0.1, 0.15) is 29.1 Å². The normalized spacial score (nSPS) is 15.7. The number of hydrogen-bond donors (Lipinski definition) is 1. The molecule has 22 heavy (non-hydrogen) atoms. The fourth-order valence-corrected chi connectivity index (χ4v) is 2.82. The van der Waals surface area contributed by atoms with Gasteiger partial charge in [-0.05, 0) is 45.0 Å². The summed E-state index contributed by atoms with van der Waals surface area (Å²) in [6.07, 6.45) is 1.95. The Labute approximate surface area is 130 Å². The second-order valence-electron chi connectivity index (χ2n) is 5.70. The summed E-state index contributed by atoms with van der Waals surface area (Å²) in [6, 6.07) is 9.91. The molecular formula is C17H21N3O2. The number of aryl methyl sites for hydroxylation is 1. The van der Waals surface area contributed by atoms with Crippen LogP contribution in [0.2, 0.25) is 0 Å². The Morgan fingerprint density at radius 3 is 2.64 bits per heavy atom. The molecule has 0 atom stereocenters. The van der Waals surface area contributed by atoms with Crippen molar-refractivity contribution < 1.29 is 9.21 Å². The summed E-state index contributed by atoms with van der Waals surface area (Å²) in [5, 5.41) is 3.31. The average molecular weight is 299 g/mol. The van der Waals surface area contributed by atoms with E-state index in [1.807, 2.05) is 44.3 Å². The first-order valence-electron chi connectivity index (χ1n) is 7.67. The number of hydrogen-bond acceptors (Lipinski definition) is 4. The zero-order chi connectivity index (χ0) is 15.5. The van der Waals surface area contributed by atoms with Gasteiger partial charge in [0.05, 0.1) is 5.69 Å². The lowest BCUT2D eigenvalue weighted by Crippen LogP contribution is -2.44. The minimum atomic E-state index is -0.0842. The van der Waals surface area contributed by atoms with E-state index in [-0.39, 0.29) is 11.9 Å². The first kappa shape index (κ1) is 14.8. The molecule has 0 bridgehead atoms. The van der Waals surface area contributed by atoms with Crippen molar-refractivity contribution in [3.8, 4) is 11.5 Å². The highest BCUT2D eigenvalue weighted by atomic mass is 16.4. The van der Waals surface area contributed by atoms with E-state index >= 15 is 0 Å². The van der Waals surface area contributed by atoms with Crippen molar-refractivity contribution in [3.05, 3.63) is 41.8 Å². The number of carbonyl (C=O) groups is 1. The Hall–Kier alpha value is -2.14. The Kier molecular flexibility index (Phi) is 4.24. The van der Waals surface area contributed by atoms with Crippen LogP contribution in [0.15, 0.2) is 34.7 Å². The molecule has 0 aliphatic carbocycles. The largest absolute Gasteiger partial charge is 0.431 e. The van der Waals surface area contributed by atoms with E-state index in [0.29, 0.717) is 17.3 Å². The van der Waals surface area contributed by atoms with Crippen molar-refractivity contribution in [2.45, 2.75) is 25.8 Å². The molecule has 0 spiro atoms. The van der Waals surface area contributed by atoms with Gasteiger partial charge in [0, 0.05) is 18.7 Å². The van der Waals surface area contributed by atoms with Gasteiger partial charge in [-0.25, -0.2) is 4.98 Å². The smallest absolute Gasteiger partial charge is 0.291 e. The molecule has 116 valence electrons. The fourth-order valence-electron chi connectivity index (χ4n) is 2.82. The van der Waals surface area contributed by atoms with Crippen LogP contribution < -0.4 is 5.32 Å². The van der Waals surface area contributed by atoms with Crippen LogP contribution in [0.4, 0.5) is 0 Å². The first-order chi connectivity index (χ1) is 10.7. The fraction of sp³-hybridized carbons (Fsp3) is 0.412. The SMILES string of the molecule is Cc1nc(-c2ccccc2)oc1C(=O)N(C)C1CCNCC1. The standard InChI is InChI=1S/C17H21N3O2/c1-12-15(17(21)20(2)14-8-10-18-11-9-14)22-16(19-12)13-6-4-3-5-7-13/h3-7,14,18H,8-11H2,1-2H3. The van der Waals surface area contributed by atoms with Crippen LogP contribution in [0.3, 0.4) is 0 Å². The van der Waals surface area contributed by atoms with E-state index in [9.17, 15) is 4.79 Å². The highest BCUT2D eigenvalue weighted by Crippen LogP contribution is 2.23. The topological polar surface area (TPSA) is 58.4 Å². The minimum absolute atomic E-state index is 0.0842. The molecule has 2 aromatic rings. The Morgan fingerprint density at radius 2 is 1.95 bits per heavy atom. The number of piperidine rings is 1. The van der Waals surface area contributed by atoms with Crippen molar-refractivity contribution in [2.24, 2.45) is 0 Å². The number of nitrogens with one attached hydrogen (secondary N) is 1. The van der Waals surface area contributed by atoms with Crippen molar-refractivity contribution in [1.82, 2.24) is 15.2 Å². The molecule has 1 N–H and O–H groups in total. The van der Waals surface area contributed by atoms with Crippen molar-refractivity contribution in [1.29, 1.82) is 0 Å². The van der Waals surface area contributed by atoms with Gasteiger partial charge in [-0.1, -0.05) is 18.2 Å². The minimum Gasteiger partial charge on any atom is -0.431 e. The zero-order valence-corrected chi connectivity index (χ0v) is 13.0. The van der Waals surface area contributed by atoms with Crippen LogP contribution in [0, 0.1) is 6.92 Å². The van der Waals surface area contributed by atoms with E-state index in [1.54, 1.807) is 4.90 Å². The molecule has 5 heteroatoms. The van der Waals surface area contributed by atoms with Crippen LogP contribution in [0.5, 0.6) is 0 Å². The van der Waals surface area contributed by atoms with Crippen LogP contribution >= 0.6 is 0 Å². The van der Waals surface area contributed by atoms with Crippen LogP contribution in [-0.4, -0.2) is 42.0 Å². The lowest BCUT2D eigenvalue weighted by molar-refractivity contribution is 0.0671. The average Bonchev–Trinajstić information content (AvgIpc) is 2.97. The van der Waals surface area contributed by atoms with E-state index in [1.165, 1.54) is 0 Å². The van der Waals surface area contributed by atoms with Crippen molar-refractivity contribution >= 4 is 5.91 Å². The Morgan fingerprint density at radius 1 is 1.27 bits per heavy atom. The summed E-state index contributed by atoms with van der Waals surface area (Å²) in [5.74, 6) is 0.763. The monoisotopic (exact) mass is 299 g/mol. The third-order valence-electron chi connectivity index (χ3n) is 4.19. The molecular weight excluding hydrogens is 278 g/mol. The second-order valence-corrected chi connectivity index (χ2v) is 5.70. The molecule has 0 saturated carbocycles. The Bertz CT molecular complexity index is 645. The molecule has 2 heterocycles. The summed E-state index contributed by atoms with van der Waals surface area (Å²) in [4.78, 5) is 18.9. The van der Waals surface area contributed by atoms with Gasteiger partial charge in [0.15, 0.2) is 0 Å². The molecule has 1 saturated heterocycles. The van der Waals surface area contributed by atoms with Crippen LogP contribution in [-0.2, 0) is 0 Å². The van der Waals surface area contributed by atoms with Gasteiger partial charge >= 0.3 is 0 Å². The number of nitrogens with zero attached hydrogens (tertiary/aromatic N) is 2. The lowest BCUT2D eigenvalue weighted by Gasteiger charge is -2.31. The summed E-state index contributed by atoms with van der Waals surface area (Å²) in [6.45, 7) is 3.72. The van der Waals surface area contributed by atoms with Gasteiger partial charge in [-0.2, -0.15) is 0 Å². The molecule has 1 aliphatic heterocycles. The van der Waals surface area contributed by atoms with Crippen molar-refractivity contribution in [2.75, 3.05) is 20.1 Å². The molecule has 0 unspecified atom stereocenters. The number of benzene rings is 1. The van der Waals surface area contributed by atoms with E-state index in [2.05, 4.69) is 10.3 Å². The van der Waals surface area contributed by atoms with Gasteiger partial charge < -0.3 is 14.6 Å². The molecule has 1 aromatic heterocycles. The van der Waals surface area contributed by atoms with Crippen molar-refractivity contribution in [3.63, 3.8) is 0 Å². The van der Waals surface area contributed by atoms with E-state index < -0.39 is 0 Å². The summed E-state index contributed by atoms with van der Waals surface area (Å²) in [7, 11) is 1.85. The maximum absolute atomic E-state index is 12.7. The molecule has 1 aliphatic rings. The lowest BCUT2D eigenvalue weighted by atomic mass is 10.1. The van der Waals surface area contributed by atoms with Gasteiger partial charge in [-0.15, -0.1) is 0 Å². The first-order valence-corrected chi connectivity index (χ1v) is 7.67. The summed E-state index contributed by atoms with van der Waals surface area (Å²) >= 11 is 0. The van der Waals surface area contributed by atoms with E-state index in [0.717, 1.165) is 31.5 Å². The number of oxazole rings is 1. The molecule has 0 radical (unpaired) electrons. The third-order valence-corrected chi connectivity index (χ3v) is 4.19. The van der Waals surface area contributed by atoms with Gasteiger partial charge in [0.2, 0.25) is 11.7 Å². The van der Waals surface area contributed by atoms with Gasteiger partial charge in [0.25, 0.3) is 5.91 Å². The van der Waals surface area contributed by atoms with Crippen LogP contribution in [0.25, 0.3) is 11.5 Å². The third kappa shape index (κ3) is 2.90. The Balaban J connectivity index is 1.82. The summed E-state index contributed by atoms with van der Waals surface area (Å²) in [5.41, 5.74) is 1.53. The highest BCUT2D eigenvalue weighted by molar-refractivity contribution is 5.93. The molecule has 1 aromatic carbocycles. The predicted molar refractivity (Wildman–Crippen MR) is 84.7 cm³/mol. The quantitative estimate of drug-likeness (QED) is 0.946. The maximum atomic E-state index is 12.7. The van der Waals surface area contributed by atoms with E-state index in [4.69, 9.17) is 4.42 Å². The molecule has 1 amide bonds. The number of carbonyl (C=O) groups excluding carboxylic acids is 1. The number of rotatable bonds is 3. The maximum Gasteiger partial charge on any atom is 0.291 e. The zero-order valence-electron chi connectivity index (χ0n) is 13.0. The highest BCUT2D eigenvalue weighted by Gasteiger charge is 2.27. The molecule has 1 fully saturated rings. The number of amides is 1. The van der Waals surface area contributed by atoms with Gasteiger partial charge in [-0.3, -0.25) is 4.79 Å². The van der Waals surface area contributed by atoms with Gasteiger partial charge in [0.1, 0.15) is 0 Å². The molecule has 5 nitrogen and oxygen atoms in total. The number of aromatic nitrogens is 1. The molecule has 3 rings (SSSR count). The second kappa shape index (κ2) is 6.32.